The fourth-order valence-electron chi connectivity index (χ4n) is 3.54. The summed E-state index contributed by atoms with van der Waals surface area (Å²) in [6.45, 7) is 0.523. The Hall–Kier alpha value is -2.73. The smallest absolute Gasteiger partial charge is 0.263 e. The summed E-state index contributed by atoms with van der Waals surface area (Å²) >= 11 is 6.07. The molecule has 4 rings (SSSR count). The zero-order valence-electron chi connectivity index (χ0n) is 13.6. The maximum Gasteiger partial charge on any atom is 0.263 e. The highest BCUT2D eigenvalue weighted by molar-refractivity contribution is 6.37. The normalized spacial score (nSPS) is 19.2. The quantitative estimate of drug-likeness (QED) is 0.761. The van der Waals surface area contributed by atoms with Crippen molar-refractivity contribution in [3.63, 3.8) is 0 Å². The molecule has 0 bridgehead atoms. The van der Waals surface area contributed by atoms with E-state index in [2.05, 4.69) is 0 Å². The number of nitrogens with zero attached hydrogens (tertiary/aromatic N) is 2. The molecule has 1 saturated heterocycles. The van der Waals surface area contributed by atoms with Crippen molar-refractivity contribution >= 4 is 29.3 Å². The van der Waals surface area contributed by atoms with Gasteiger partial charge < -0.3 is 4.90 Å². The largest absolute Gasteiger partial charge is 0.336 e. The van der Waals surface area contributed by atoms with Crippen LogP contribution >= 0.6 is 11.6 Å². The first-order valence-electron chi connectivity index (χ1n) is 8.19. The molecule has 0 spiro atoms. The van der Waals surface area contributed by atoms with Crippen molar-refractivity contribution in [3.8, 4) is 0 Å². The Kier molecular flexibility index (Phi) is 4.00. The first-order valence-corrected chi connectivity index (χ1v) is 8.57. The average molecular weight is 373 g/mol. The SMILES string of the molecule is O=C(c1ccccc1F)N1CCC(N2C(=O)c3cccc(Cl)c3C2=O)C1. The van der Waals surface area contributed by atoms with Gasteiger partial charge in [-0.05, 0) is 30.7 Å². The van der Waals surface area contributed by atoms with Crippen molar-refractivity contribution in [1.82, 2.24) is 9.80 Å². The third-order valence-corrected chi connectivity index (χ3v) is 5.13. The standard InChI is InChI=1S/C19H14ClFN2O3/c20-14-6-3-5-13-16(14)19(26)23(18(13)25)11-8-9-22(10-11)17(24)12-4-1-2-7-15(12)21/h1-7,11H,8-10H2. The molecule has 1 unspecified atom stereocenters. The van der Waals surface area contributed by atoms with Gasteiger partial charge in [-0.2, -0.15) is 0 Å². The molecule has 1 atom stereocenters. The summed E-state index contributed by atoms with van der Waals surface area (Å²) < 4.78 is 13.9. The van der Waals surface area contributed by atoms with Crippen LogP contribution in [-0.2, 0) is 0 Å². The topological polar surface area (TPSA) is 57.7 Å². The number of carbonyl (C=O) groups excluding carboxylic acids is 3. The molecule has 2 heterocycles. The fraction of sp³-hybridized carbons (Fsp3) is 0.211. The van der Waals surface area contributed by atoms with Crippen molar-refractivity contribution in [2.75, 3.05) is 13.1 Å². The van der Waals surface area contributed by atoms with Crippen LogP contribution in [0.1, 0.15) is 37.5 Å². The van der Waals surface area contributed by atoms with E-state index in [4.69, 9.17) is 11.6 Å². The molecule has 2 aromatic rings. The summed E-state index contributed by atoms with van der Waals surface area (Å²) in [7, 11) is 0. The highest BCUT2D eigenvalue weighted by Crippen LogP contribution is 2.32. The van der Waals surface area contributed by atoms with Crippen LogP contribution in [0.15, 0.2) is 42.5 Å². The maximum absolute atomic E-state index is 13.9. The summed E-state index contributed by atoms with van der Waals surface area (Å²) in [4.78, 5) is 40.5. The Balaban J connectivity index is 1.56. The Bertz CT molecular complexity index is 946. The molecular weight excluding hydrogens is 359 g/mol. The zero-order chi connectivity index (χ0) is 18.4. The summed E-state index contributed by atoms with van der Waals surface area (Å²) in [6.07, 6.45) is 0.448. The lowest BCUT2D eigenvalue weighted by Gasteiger charge is -2.22. The molecule has 2 aliphatic heterocycles. The van der Waals surface area contributed by atoms with Gasteiger partial charge in [-0.1, -0.05) is 29.8 Å². The van der Waals surface area contributed by atoms with E-state index in [-0.39, 0.29) is 28.3 Å². The van der Waals surface area contributed by atoms with E-state index in [1.54, 1.807) is 24.3 Å². The lowest BCUT2D eigenvalue weighted by Crippen LogP contribution is -2.42. The third-order valence-electron chi connectivity index (χ3n) is 4.82. The zero-order valence-corrected chi connectivity index (χ0v) is 14.4. The van der Waals surface area contributed by atoms with Crippen LogP contribution in [0, 0.1) is 5.82 Å². The molecule has 5 nitrogen and oxygen atoms in total. The molecule has 0 aliphatic carbocycles. The van der Waals surface area contributed by atoms with Crippen LogP contribution in [0.4, 0.5) is 4.39 Å². The minimum absolute atomic E-state index is 0.0152. The van der Waals surface area contributed by atoms with E-state index in [0.717, 1.165) is 0 Å². The number of hydrogen-bond donors (Lipinski definition) is 0. The molecule has 1 fully saturated rings. The van der Waals surface area contributed by atoms with E-state index in [0.29, 0.717) is 13.0 Å². The number of likely N-dealkylation sites (tertiary alicyclic amines) is 1. The van der Waals surface area contributed by atoms with Gasteiger partial charge in [0.25, 0.3) is 17.7 Å². The van der Waals surface area contributed by atoms with Gasteiger partial charge in [0.05, 0.1) is 27.8 Å². The molecular formula is C19H14ClFN2O3. The highest BCUT2D eigenvalue weighted by Gasteiger charge is 2.44. The molecule has 2 aromatic carbocycles. The van der Waals surface area contributed by atoms with Crippen LogP contribution < -0.4 is 0 Å². The van der Waals surface area contributed by atoms with E-state index in [1.165, 1.54) is 28.0 Å². The summed E-state index contributed by atoms with van der Waals surface area (Å²) in [5.74, 6) is -1.88. The molecule has 26 heavy (non-hydrogen) atoms. The van der Waals surface area contributed by atoms with E-state index in [9.17, 15) is 18.8 Å². The average Bonchev–Trinajstić information content (AvgIpc) is 3.19. The molecule has 132 valence electrons. The highest BCUT2D eigenvalue weighted by atomic mass is 35.5. The van der Waals surface area contributed by atoms with Gasteiger partial charge in [0.2, 0.25) is 0 Å². The predicted molar refractivity (Wildman–Crippen MR) is 92.7 cm³/mol. The van der Waals surface area contributed by atoms with Crippen molar-refractivity contribution in [3.05, 3.63) is 70.0 Å². The van der Waals surface area contributed by atoms with Gasteiger partial charge in [0.15, 0.2) is 0 Å². The summed E-state index contributed by atoms with van der Waals surface area (Å²) in [6, 6.07) is 10.1. The summed E-state index contributed by atoms with van der Waals surface area (Å²) in [5.41, 5.74) is 0.470. The first-order chi connectivity index (χ1) is 12.5. The molecule has 0 saturated carbocycles. The number of hydrogen-bond acceptors (Lipinski definition) is 3. The van der Waals surface area contributed by atoms with Crippen molar-refractivity contribution in [2.45, 2.75) is 12.5 Å². The van der Waals surface area contributed by atoms with E-state index in [1.807, 2.05) is 0 Å². The monoisotopic (exact) mass is 372 g/mol. The molecule has 2 aliphatic rings. The van der Waals surface area contributed by atoms with Crippen LogP contribution in [0.25, 0.3) is 0 Å². The minimum atomic E-state index is -0.589. The number of carbonyl (C=O) groups is 3. The van der Waals surface area contributed by atoms with Gasteiger partial charge in [-0.25, -0.2) is 4.39 Å². The van der Waals surface area contributed by atoms with Crippen molar-refractivity contribution in [1.29, 1.82) is 0 Å². The van der Waals surface area contributed by atoms with Gasteiger partial charge in [-0.3, -0.25) is 19.3 Å². The predicted octanol–water partition coefficient (Wildman–Crippen LogP) is 2.99. The number of amides is 3. The Morgan fingerprint density at radius 1 is 1.08 bits per heavy atom. The van der Waals surface area contributed by atoms with Crippen LogP contribution in [-0.4, -0.2) is 46.7 Å². The lowest BCUT2D eigenvalue weighted by atomic mass is 10.1. The van der Waals surface area contributed by atoms with Crippen molar-refractivity contribution < 1.29 is 18.8 Å². The van der Waals surface area contributed by atoms with Gasteiger partial charge in [-0.15, -0.1) is 0 Å². The molecule has 0 aromatic heterocycles. The van der Waals surface area contributed by atoms with Gasteiger partial charge >= 0.3 is 0 Å². The van der Waals surface area contributed by atoms with E-state index < -0.39 is 29.6 Å². The fourth-order valence-corrected chi connectivity index (χ4v) is 3.79. The van der Waals surface area contributed by atoms with E-state index >= 15 is 0 Å². The maximum atomic E-state index is 13.9. The number of rotatable bonds is 2. The van der Waals surface area contributed by atoms with Crippen molar-refractivity contribution in [2.24, 2.45) is 0 Å². The number of halogens is 2. The second-order valence-electron chi connectivity index (χ2n) is 6.32. The Morgan fingerprint density at radius 3 is 2.58 bits per heavy atom. The number of imide groups is 1. The molecule has 7 heteroatoms. The molecule has 3 amide bonds. The number of fused-ring (bicyclic) bond motifs is 1. The minimum Gasteiger partial charge on any atom is -0.336 e. The van der Waals surface area contributed by atoms with Crippen LogP contribution in [0.2, 0.25) is 5.02 Å². The second-order valence-corrected chi connectivity index (χ2v) is 6.72. The second kappa shape index (κ2) is 6.21. The van der Waals surface area contributed by atoms with Crippen LogP contribution in [0.3, 0.4) is 0 Å². The lowest BCUT2D eigenvalue weighted by molar-refractivity contribution is 0.0574. The van der Waals surface area contributed by atoms with Gasteiger partial charge in [0.1, 0.15) is 5.82 Å². The Labute approximate surface area is 154 Å². The van der Waals surface area contributed by atoms with Crippen LogP contribution in [0.5, 0.6) is 0 Å². The number of benzene rings is 2. The molecule has 0 N–H and O–H groups in total. The van der Waals surface area contributed by atoms with Gasteiger partial charge in [0, 0.05) is 13.1 Å². The first kappa shape index (κ1) is 16.7. The molecule has 0 radical (unpaired) electrons. The third kappa shape index (κ3) is 2.49. The Morgan fingerprint density at radius 2 is 1.85 bits per heavy atom. The summed E-state index contributed by atoms with van der Waals surface area (Å²) in [5, 5.41) is 0.237.